The second kappa shape index (κ2) is 4.69. The van der Waals surface area contributed by atoms with Gasteiger partial charge in [0.05, 0.1) is 5.92 Å². The van der Waals surface area contributed by atoms with Crippen LogP contribution in [0.25, 0.3) is 11.1 Å². The highest BCUT2D eigenvalue weighted by Gasteiger charge is 2.26. The number of rotatable bonds is 1. The molecule has 2 aromatic rings. The number of hydrogen-bond acceptors (Lipinski definition) is 3. The van der Waals surface area contributed by atoms with E-state index >= 15 is 0 Å². The summed E-state index contributed by atoms with van der Waals surface area (Å²) in [6, 6.07) is 4.54. The fourth-order valence-corrected chi connectivity index (χ4v) is 2.72. The molecule has 1 saturated carbocycles. The third-order valence-electron chi connectivity index (χ3n) is 3.75. The van der Waals surface area contributed by atoms with Crippen molar-refractivity contribution in [3.63, 3.8) is 0 Å². The minimum atomic E-state index is -0.296. The third-order valence-corrected chi connectivity index (χ3v) is 3.75. The zero-order valence-corrected chi connectivity index (χ0v) is 10.2. The Kier molecular flexibility index (Phi) is 3.04. The van der Waals surface area contributed by atoms with Gasteiger partial charge in [-0.1, -0.05) is 19.3 Å². The zero-order valence-electron chi connectivity index (χ0n) is 10.2. The highest BCUT2D eigenvalue weighted by Crippen LogP contribution is 2.32. The molecule has 1 aromatic carbocycles. The number of benzene rings is 1. The second-order valence-electron chi connectivity index (χ2n) is 5.07. The summed E-state index contributed by atoms with van der Waals surface area (Å²) in [4.78, 5) is 4.46. The molecule has 1 aliphatic rings. The smallest absolute Gasteiger partial charge is 0.200 e. The first-order chi connectivity index (χ1) is 8.74. The van der Waals surface area contributed by atoms with Crippen LogP contribution in [0.15, 0.2) is 22.6 Å². The van der Waals surface area contributed by atoms with Crippen molar-refractivity contribution in [2.45, 2.75) is 44.1 Å². The van der Waals surface area contributed by atoms with E-state index in [1.165, 1.54) is 25.0 Å². The molecule has 2 unspecified atom stereocenters. The van der Waals surface area contributed by atoms with E-state index in [9.17, 15) is 4.39 Å². The van der Waals surface area contributed by atoms with E-state index in [1.54, 1.807) is 6.07 Å². The van der Waals surface area contributed by atoms with Crippen LogP contribution in [0.2, 0.25) is 0 Å². The summed E-state index contributed by atoms with van der Waals surface area (Å²) >= 11 is 0. The van der Waals surface area contributed by atoms with Gasteiger partial charge in [0.15, 0.2) is 11.5 Å². The van der Waals surface area contributed by atoms with Crippen molar-refractivity contribution in [1.29, 1.82) is 0 Å². The SMILES string of the molecule is NC1CCCCCC1c1nc2ccc(F)cc2o1. The van der Waals surface area contributed by atoms with Gasteiger partial charge in [-0.05, 0) is 25.0 Å². The number of halogens is 1. The Bertz CT molecular complexity index is 552. The van der Waals surface area contributed by atoms with Gasteiger partial charge in [-0.15, -0.1) is 0 Å². The van der Waals surface area contributed by atoms with E-state index in [4.69, 9.17) is 10.2 Å². The molecular formula is C14H17FN2O. The maximum atomic E-state index is 13.1. The van der Waals surface area contributed by atoms with Crippen molar-refractivity contribution in [1.82, 2.24) is 4.98 Å². The largest absolute Gasteiger partial charge is 0.440 e. The Morgan fingerprint density at radius 3 is 2.94 bits per heavy atom. The predicted molar refractivity (Wildman–Crippen MR) is 67.8 cm³/mol. The van der Waals surface area contributed by atoms with Gasteiger partial charge in [0.2, 0.25) is 0 Å². The van der Waals surface area contributed by atoms with Crippen molar-refractivity contribution in [3.05, 3.63) is 29.9 Å². The highest BCUT2D eigenvalue weighted by atomic mass is 19.1. The summed E-state index contributed by atoms with van der Waals surface area (Å²) in [5.74, 6) is 0.545. The lowest BCUT2D eigenvalue weighted by molar-refractivity contribution is 0.402. The summed E-state index contributed by atoms with van der Waals surface area (Å²) in [5, 5.41) is 0. The van der Waals surface area contributed by atoms with Gasteiger partial charge in [0.1, 0.15) is 11.3 Å². The van der Waals surface area contributed by atoms with E-state index in [2.05, 4.69) is 4.98 Å². The molecule has 0 radical (unpaired) electrons. The molecule has 2 atom stereocenters. The van der Waals surface area contributed by atoms with Gasteiger partial charge >= 0.3 is 0 Å². The molecule has 3 rings (SSSR count). The second-order valence-corrected chi connectivity index (χ2v) is 5.07. The van der Waals surface area contributed by atoms with E-state index in [0.29, 0.717) is 17.0 Å². The standard InChI is InChI=1S/C14H17FN2O/c15-9-6-7-12-13(8-9)18-14(17-12)10-4-2-1-3-5-11(10)16/h6-8,10-11H,1-5,16H2. The molecule has 0 amide bonds. The Morgan fingerprint density at radius 1 is 1.22 bits per heavy atom. The number of oxazole rings is 1. The van der Waals surface area contributed by atoms with Crippen molar-refractivity contribution < 1.29 is 8.81 Å². The summed E-state index contributed by atoms with van der Waals surface area (Å²) in [7, 11) is 0. The number of aromatic nitrogens is 1. The van der Waals surface area contributed by atoms with E-state index < -0.39 is 0 Å². The highest BCUT2D eigenvalue weighted by molar-refractivity contribution is 5.72. The molecule has 1 aromatic heterocycles. The van der Waals surface area contributed by atoms with Crippen molar-refractivity contribution in [3.8, 4) is 0 Å². The van der Waals surface area contributed by atoms with Gasteiger partial charge in [0, 0.05) is 12.1 Å². The van der Waals surface area contributed by atoms with Crippen LogP contribution in [0, 0.1) is 5.82 Å². The van der Waals surface area contributed by atoms with E-state index in [0.717, 1.165) is 19.3 Å². The Labute approximate surface area is 105 Å². The molecule has 1 heterocycles. The van der Waals surface area contributed by atoms with E-state index in [1.807, 2.05) is 0 Å². The quantitative estimate of drug-likeness (QED) is 0.787. The average Bonchev–Trinajstić information content (AvgIpc) is 2.63. The monoisotopic (exact) mass is 248 g/mol. The Balaban J connectivity index is 1.97. The molecule has 1 aliphatic carbocycles. The summed E-state index contributed by atoms with van der Waals surface area (Å²) < 4.78 is 18.8. The van der Waals surface area contributed by atoms with Gasteiger partial charge in [-0.3, -0.25) is 0 Å². The fraction of sp³-hybridized carbons (Fsp3) is 0.500. The maximum absolute atomic E-state index is 13.1. The summed E-state index contributed by atoms with van der Waals surface area (Å²) in [6.45, 7) is 0. The van der Waals surface area contributed by atoms with Gasteiger partial charge in [-0.2, -0.15) is 0 Å². The van der Waals surface area contributed by atoms with Crippen LogP contribution < -0.4 is 5.73 Å². The molecule has 0 bridgehead atoms. The van der Waals surface area contributed by atoms with Crippen molar-refractivity contribution >= 4 is 11.1 Å². The molecule has 18 heavy (non-hydrogen) atoms. The van der Waals surface area contributed by atoms with Crippen LogP contribution in [0.4, 0.5) is 4.39 Å². The lowest BCUT2D eigenvalue weighted by Crippen LogP contribution is -2.27. The normalized spacial score (nSPS) is 25.2. The average molecular weight is 248 g/mol. The summed E-state index contributed by atoms with van der Waals surface area (Å²) in [6.07, 6.45) is 5.57. The van der Waals surface area contributed by atoms with Crippen LogP contribution in [-0.4, -0.2) is 11.0 Å². The first-order valence-electron chi connectivity index (χ1n) is 6.55. The zero-order chi connectivity index (χ0) is 12.5. The molecule has 0 saturated heterocycles. The third kappa shape index (κ3) is 2.12. The summed E-state index contributed by atoms with van der Waals surface area (Å²) in [5.41, 5.74) is 7.41. The van der Waals surface area contributed by atoms with Crippen molar-refractivity contribution in [2.24, 2.45) is 5.73 Å². The number of hydrogen-bond donors (Lipinski definition) is 1. The van der Waals surface area contributed by atoms with Crippen LogP contribution in [0.3, 0.4) is 0 Å². The minimum Gasteiger partial charge on any atom is -0.440 e. The van der Waals surface area contributed by atoms with Gasteiger partial charge in [-0.25, -0.2) is 9.37 Å². The topological polar surface area (TPSA) is 52.0 Å². The molecule has 0 spiro atoms. The number of nitrogens with two attached hydrogens (primary N) is 1. The lowest BCUT2D eigenvalue weighted by Gasteiger charge is -2.17. The molecule has 2 N–H and O–H groups in total. The minimum absolute atomic E-state index is 0.102. The Hall–Kier alpha value is -1.42. The van der Waals surface area contributed by atoms with Crippen LogP contribution in [0.5, 0.6) is 0 Å². The van der Waals surface area contributed by atoms with Gasteiger partial charge in [0.25, 0.3) is 0 Å². The van der Waals surface area contributed by atoms with Crippen molar-refractivity contribution in [2.75, 3.05) is 0 Å². The molecular weight excluding hydrogens is 231 g/mol. The first-order valence-corrected chi connectivity index (χ1v) is 6.55. The fourth-order valence-electron chi connectivity index (χ4n) is 2.72. The van der Waals surface area contributed by atoms with Crippen LogP contribution in [-0.2, 0) is 0 Å². The van der Waals surface area contributed by atoms with Crippen LogP contribution >= 0.6 is 0 Å². The molecule has 0 aliphatic heterocycles. The molecule has 96 valence electrons. The molecule has 4 heteroatoms. The number of nitrogens with zero attached hydrogens (tertiary/aromatic N) is 1. The molecule has 1 fully saturated rings. The lowest BCUT2D eigenvalue weighted by atomic mass is 9.95. The first kappa shape index (κ1) is 11.7. The number of fused-ring (bicyclic) bond motifs is 1. The predicted octanol–water partition coefficient (Wildman–Crippen LogP) is 3.34. The molecule has 3 nitrogen and oxygen atoms in total. The van der Waals surface area contributed by atoms with E-state index in [-0.39, 0.29) is 17.8 Å². The van der Waals surface area contributed by atoms with Gasteiger partial charge < -0.3 is 10.2 Å². The Morgan fingerprint density at radius 2 is 2.06 bits per heavy atom. The maximum Gasteiger partial charge on any atom is 0.200 e. The van der Waals surface area contributed by atoms with Crippen LogP contribution in [0.1, 0.15) is 43.9 Å².